The molecule has 1 amide bonds. The minimum atomic E-state index is -1.08. The fourth-order valence-corrected chi connectivity index (χ4v) is 2.48. The zero-order valence-corrected chi connectivity index (χ0v) is 12.2. The first-order valence-corrected chi connectivity index (χ1v) is 7.16. The van der Waals surface area contributed by atoms with Crippen LogP contribution in [0.15, 0.2) is 10.6 Å². The van der Waals surface area contributed by atoms with E-state index in [1.165, 1.54) is 4.90 Å². The van der Waals surface area contributed by atoms with E-state index in [1.807, 2.05) is 13.8 Å². The molecule has 0 spiro atoms. The second-order valence-electron chi connectivity index (χ2n) is 5.06. The normalized spacial score (nSPS) is 19.0. The van der Waals surface area contributed by atoms with Gasteiger partial charge in [0.15, 0.2) is 6.04 Å². The van der Waals surface area contributed by atoms with Gasteiger partial charge in [-0.3, -0.25) is 4.79 Å². The molecule has 1 aliphatic rings. The van der Waals surface area contributed by atoms with Crippen LogP contribution in [-0.2, 0) is 9.53 Å². The SMILES string of the molecule is CCC(CC)c1cc(C(=O)N2CCOC[C@H]2C(=O)O)on1. The lowest BCUT2D eigenvalue weighted by molar-refractivity contribution is -0.147. The molecular formula is C14H20N2O5. The van der Waals surface area contributed by atoms with Gasteiger partial charge in [-0.25, -0.2) is 4.79 Å². The molecule has 1 aromatic rings. The van der Waals surface area contributed by atoms with Gasteiger partial charge in [-0.05, 0) is 12.8 Å². The van der Waals surface area contributed by atoms with Crippen molar-refractivity contribution in [1.29, 1.82) is 0 Å². The van der Waals surface area contributed by atoms with E-state index in [-0.39, 0.29) is 24.8 Å². The van der Waals surface area contributed by atoms with Gasteiger partial charge in [-0.1, -0.05) is 19.0 Å². The van der Waals surface area contributed by atoms with Crippen LogP contribution >= 0.6 is 0 Å². The molecule has 0 bridgehead atoms. The third-order valence-corrected chi connectivity index (χ3v) is 3.82. The van der Waals surface area contributed by atoms with Gasteiger partial charge < -0.3 is 19.3 Å². The topological polar surface area (TPSA) is 92.9 Å². The Kier molecular flexibility index (Phi) is 4.95. The van der Waals surface area contributed by atoms with E-state index in [0.29, 0.717) is 6.61 Å². The lowest BCUT2D eigenvalue weighted by atomic mass is 9.99. The number of morpholine rings is 1. The van der Waals surface area contributed by atoms with E-state index >= 15 is 0 Å². The van der Waals surface area contributed by atoms with E-state index in [4.69, 9.17) is 14.4 Å². The summed E-state index contributed by atoms with van der Waals surface area (Å²) >= 11 is 0. The predicted molar refractivity (Wildman–Crippen MR) is 73.1 cm³/mol. The summed E-state index contributed by atoms with van der Waals surface area (Å²) in [5.74, 6) is -1.20. The molecule has 0 unspecified atom stereocenters. The molecule has 1 aliphatic heterocycles. The maximum absolute atomic E-state index is 12.4. The van der Waals surface area contributed by atoms with Crippen LogP contribution in [0.4, 0.5) is 0 Å². The number of aliphatic carboxylic acids is 1. The number of hydrogen-bond donors (Lipinski definition) is 1. The maximum Gasteiger partial charge on any atom is 0.328 e. The number of ether oxygens (including phenoxy) is 1. The Morgan fingerprint density at radius 2 is 2.19 bits per heavy atom. The fourth-order valence-electron chi connectivity index (χ4n) is 2.48. The molecule has 1 N–H and O–H groups in total. The van der Waals surface area contributed by atoms with Crippen LogP contribution in [0.2, 0.25) is 0 Å². The van der Waals surface area contributed by atoms with Gasteiger partial charge in [0.1, 0.15) is 0 Å². The number of hydrogen-bond acceptors (Lipinski definition) is 5. The number of rotatable bonds is 5. The molecule has 2 heterocycles. The number of carbonyl (C=O) groups excluding carboxylic acids is 1. The molecule has 0 aliphatic carbocycles. The fraction of sp³-hybridized carbons (Fsp3) is 0.643. The lowest BCUT2D eigenvalue weighted by Crippen LogP contribution is -2.52. The van der Waals surface area contributed by atoms with E-state index in [1.54, 1.807) is 6.07 Å². The van der Waals surface area contributed by atoms with Gasteiger partial charge >= 0.3 is 5.97 Å². The highest BCUT2D eigenvalue weighted by Crippen LogP contribution is 2.23. The van der Waals surface area contributed by atoms with Crippen molar-refractivity contribution in [3.63, 3.8) is 0 Å². The number of nitrogens with zero attached hydrogens (tertiary/aromatic N) is 2. The van der Waals surface area contributed by atoms with Crippen LogP contribution in [0, 0.1) is 0 Å². The van der Waals surface area contributed by atoms with Crippen molar-refractivity contribution in [1.82, 2.24) is 10.1 Å². The number of aromatic nitrogens is 1. The summed E-state index contributed by atoms with van der Waals surface area (Å²) in [6, 6.07) is 0.641. The third-order valence-electron chi connectivity index (χ3n) is 3.82. The molecule has 1 saturated heterocycles. The van der Waals surface area contributed by atoms with Crippen molar-refractivity contribution in [3.05, 3.63) is 17.5 Å². The summed E-state index contributed by atoms with van der Waals surface area (Å²) in [7, 11) is 0. The van der Waals surface area contributed by atoms with E-state index < -0.39 is 17.9 Å². The van der Waals surface area contributed by atoms with Crippen LogP contribution in [-0.4, -0.2) is 52.8 Å². The molecular weight excluding hydrogens is 276 g/mol. The lowest BCUT2D eigenvalue weighted by Gasteiger charge is -2.31. The Labute approximate surface area is 122 Å². The first kappa shape index (κ1) is 15.5. The standard InChI is InChI=1S/C14H20N2O5/c1-3-9(4-2)10-7-12(21-15-10)13(17)16-5-6-20-8-11(16)14(18)19/h7,9,11H,3-6,8H2,1-2H3,(H,18,19)/t11-/m0/s1. The number of carboxylic acid groups (broad SMARTS) is 1. The van der Waals surface area contributed by atoms with E-state index in [9.17, 15) is 9.59 Å². The molecule has 116 valence electrons. The molecule has 0 aromatic carbocycles. The highest BCUT2D eigenvalue weighted by Gasteiger charge is 2.35. The minimum absolute atomic E-state index is 0.00534. The molecule has 1 aromatic heterocycles. The zero-order chi connectivity index (χ0) is 15.4. The van der Waals surface area contributed by atoms with Crippen molar-refractivity contribution in [2.24, 2.45) is 0 Å². The summed E-state index contributed by atoms with van der Waals surface area (Å²) in [5.41, 5.74) is 0.739. The van der Waals surface area contributed by atoms with E-state index in [0.717, 1.165) is 18.5 Å². The summed E-state index contributed by atoms with van der Waals surface area (Å²) in [4.78, 5) is 24.9. The highest BCUT2D eigenvalue weighted by atomic mass is 16.5. The number of carboxylic acids is 1. The summed E-state index contributed by atoms with van der Waals surface area (Å²) < 4.78 is 10.2. The summed E-state index contributed by atoms with van der Waals surface area (Å²) in [6.07, 6.45) is 1.82. The van der Waals surface area contributed by atoms with Crippen molar-refractivity contribution in [2.75, 3.05) is 19.8 Å². The largest absolute Gasteiger partial charge is 0.480 e. The quantitative estimate of drug-likeness (QED) is 0.885. The van der Waals surface area contributed by atoms with Gasteiger partial charge in [0.05, 0.1) is 18.9 Å². The zero-order valence-electron chi connectivity index (χ0n) is 12.2. The van der Waals surface area contributed by atoms with Crippen LogP contribution in [0.1, 0.15) is 48.9 Å². The van der Waals surface area contributed by atoms with E-state index in [2.05, 4.69) is 5.16 Å². The first-order chi connectivity index (χ1) is 10.1. The number of carbonyl (C=O) groups is 2. The van der Waals surface area contributed by atoms with Crippen LogP contribution in [0.3, 0.4) is 0 Å². The minimum Gasteiger partial charge on any atom is -0.480 e. The summed E-state index contributed by atoms with van der Waals surface area (Å²) in [6.45, 7) is 4.65. The summed E-state index contributed by atoms with van der Waals surface area (Å²) in [5, 5.41) is 13.1. The Morgan fingerprint density at radius 1 is 1.48 bits per heavy atom. The molecule has 0 radical (unpaired) electrons. The Balaban J connectivity index is 2.17. The molecule has 7 nitrogen and oxygen atoms in total. The van der Waals surface area contributed by atoms with Gasteiger partial charge in [0.2, 0.25) is 5.76 Å². The van der Waals surface area contributed by atoms with Crippen molar-refractivity contribution >= 4 is 11.9 Å². The van der Waals surface area contributed by atoms with Gasteiger partial charge in [-0.2, -0.15) is 0 Å². The Hall–Kier alpha value is -1.89. The van der Waals surface area contributed by atoms with Crippen molar-refractivity contribution in [3.8, 4) is 0 Å². The monoisotopic (exact) mass is 296 g/mol. The van der Waals surface area contributed by atoms with Crippen molar-refractivity contribution in [2.45, 2.75) is 38.6 Å². The predicted octanol–water partition coefficient (Wildman–Crippen LogP) is 1.50. The number of amides is 1. The molecule has 1 fully saturated rings. The third kappa shape index (κ3) is 3.24. The molecule has 1 atom stereocenters. The molecule has 2 rings (SSSR count). The van der Waals surface area contributed by atoms with Gasteiger partial charge in [0.25, 0.3) is 5.91 Å². The molecule has 7 heteroatoms. The second-order valence-corrected chi connectivity index (χ2v) is 5.06. The molecule has 21 heavy (non-hydrogen) atoms. The Morgan fingerprint density at radius 3 is 2.81 bits per heavy atom. The van der Waals surface area contributed by atoms with Crippen LogP contribution < -0.4 is 0 Å². The van der Waals surface area contributed by atoms with Gasteiger partial charge in [-0.15, -0.1) is 0 Å². The highest BCUT2D eigenvalue weighted by molar-refractivity contribution is 5.94. The first-order valence-electron chi connectivity index (χ1n) is 7.16. The maximum atomic E-state index is 12.4. The Bertz CT molecular complexity index is 509. The average molecular weight is 296 g/mol. The smallest absolute Gasteiger partial charge is 0.328 e. The van der Waals surface area contributed by atoms with Gasteiger partial charge in [0, 0.05) is 18.5 Å². The second kappa shape index (κ2) is 6.71. The average Bonchev–Trinajstić information content (AvgIpc) is 2.97. The van der Waals surface area contributed by atoms with Crippen molar-refractivity contribution < 1.29 is 24.0 Å². The van der Waals surface area contributed by atoms with Crippen LogP contribution in [0.5, 0.6) is 0 Å². The molecule has 0 saturated carbocycles. The van der Waals surface area contributed by atoms with Crippen LogP contribution in [0.25, 0.3) is 0 Å².